The van der Waals surface area contributed by atoms with Crippen LogP contribution in [-0.4, -0.2) is 27.0 Å². The molecule has 0 saturated carbocycles. The summed E-state index contributed by atoms with van der Waals surface area (Å²) < 4.78 is 21.0. The number of urea groups is 1. The smallest absolute Gasteiger partial charge is 0.319 e. The lowest BCUT2D eigenvalue weighted by molar-refractivity contribution is 0.174. The highest BCUT2D eigenvalue weighted by atomic mass is 16.7. The molecular weight excluding hydrogens is 312 g/mol. The molecule has 0 aliphatic carbocycles. The molecule has 7 heteroatoms. The summed E-state index contributed by atoms with van der Waals surface area (Å²) in [4.78, 5) is 12.1. The lowest BCUT2D eigenvalue weighted by Gasteiger charge is -2.12. The van der Waals surface area contributed by atoms with Gasteiger partial charge in [0, 0.05) is 12.6 Å². The molecule has 3 rings (SSSR count). The summed E-state index contributed by atoms with van der Waals surface area (Å²) in [5.41, 5.74) is 1.44. The van der Waals surface area contributed by atoms with E-state index >= 15 is 0 Å². The second-order valence-electron chi connectivity index (χ2n) is 5.06. The third-order valence-electron chi connectivity index (χ3n) is 3.54. The van der Waals surface area contributed by atoms with Crippen LogP contribution in [0.4, 0.5) is 10.5 Å². The maximum atomic E-state index is 12.1. The molecule has 0 bridgehead atoms. The van der Waals surface area contributed by atoms with Crippen molar-refractivity contribution >= 4 is 11.7 Å². The minimum Gasteiger partial charge on any atom is -0.497 e. The number of rotatable bonds is 5. The van der Waals surface area contributed by atoms with E-state index in [2.05, 4.69) is 10.6 Å². The Balaban J connectivity index is 1.61. The van der Waals surface area contributed by atoms with Crippen LogP contribution >= 0.6 is 0 Å². The van der Waals surface area contributed by atoms with Gasteiger partial charge in [0.2, 0.25) is 6.79 Å². The van der Waals surface area contributed by atoms with Gasteiger partial charge in [0.25, 0.3) is 0 Å². The van der Waals surface area contributed by atoms with E-state index in [-0.39, 0.29) is 12.8 Å². The van der Waals surface area contributed by atoms with E-state index < -0.39 is 0 Å². The molecule has 1 aliphatic heterocycles. The number of hydrogen-bond acceptors (Lipinski definition) is 5. The van der Waals surface area contributed by atoms with Crippen LogP contribution < -0.4 is 29.6 Å². The number of ether oxygens (including phenoxy) is 4. The molecule has 0 fully saturated rings. The Labute approximate surface area is 139 Å². The summed E-state index contributed by atoms with van der Waals surface area (Å²) in [6.45, 7) is 0.580. The largest absolute Gasteiger partial charge is 0.497 e. The fourth-order valence-electron chi connectivity index (χ4n) is 2.31. The Morgan fingerprint density at radius 1 is 1.08 bits per heavy atom. The Bertz CT molecular complexity index is 748. The maximum Gasteiger partial charge on any atom is 0.319 e. The number of carbonyl (C=O) groups is 1. The molecule has 0 radical (unpaired) electrons. The van der Waals surface area contributed by atoms with Crippen molar-refractivity contribution in [3.05, 3.63) is 42.0 Å². The molecule has 2 aromatic carbocycles. The summed E-state index contributed by atoms with van der Waals surface area (Å²) in [6, 6.07) is 10.4. The van der Waals surface area contributed by atoms with Crippen molar-refractivity contribution in [1.82, 2.24) is 5.32 Å². The van der Waals surface area contributed by atoms with Crippen LogP contribution in [0.1, 0.15) is 5.56 Å². The molecule has 2 N–H and O–H groups in total. The minimum absolute atomic E-state index is 0.225. The summed E-state index contributed by atoms with van der Waals surface area (Å²) in [5, 5.41) is 5.53. The summed E-state index contributed by atoms with van der Waals surface area (Å²) in [6.07, 6.45) is 0. The van der Waals surface area contributed by atoms with E-state index in [1.54, 1.807) is 25.3 Å². The number of methoxy groups -OCH3 is 2. The topological polar surface area (TPSA) is 78.1 Å². The van der Waals surface area contributed by atoms with Crippen molar-refractivity contribution in [3.63, 3.8) is 0 Å². The van der Waals surface area contributed by atoms with Crippen molar-refractivity contribution in [2.75, 3.05) is 26.3 Å². The Morgan fingerprint density at radius 3 is 2.71 bits per heavy atom. The third-order valence-corrected chi connectivity index (χ3v) is 3.54. The predicted octanol–water partition coefficient (Wildman–Crippen LogP) is 2.75. The molecular formula is C17H18N2O5. The highest BCUT2D eigenvalue weighted by Gasteiger charge is 2.14. The van der Waals surface area contributed by atoms with Gasteiger partial charge < -0.3 is 29.6 Å². The van der Waals surface area contributed by atoms with Crippen LogP contribution in [0.3, 0.4) is 0 Å². The second kappa shape index (κ2) is 6.99. The van der Waals surface area contributed by atoms with E-state index in [1.165, 1.54) is 7.11 Å². The molecule has 0 atom stereocenters. The number of amides is 2. The van der Waals surface area contributed by atoms with Crippen LogP contribution in [0.15, 0.2) is 36.4 Å². The first-order valence-electron chi connectivity index (χ1n) is 7.35. The average Bonchev–Trinajstić information content (AvgIpc) is 3.07. The van der Waals surface area contributed by atoms with Crippen molar-refractivity contribution in [1.29, 1.82) is 0 Å². The van der Waals surface area contributed by atoms with Gasteiger partial charge >= 0.3 is 6.03 Å². The first-order chi connectivity index (χ1) is 11.7. The number of anilines is 1. The second-order valence-corrected chi connectivity index (χ2v) is 5.06. The molecule has 1 heterocycles. The van der Waals surface area contributed by atoms with Gasteiger partial charge in [-0.1, -0.05) is 6.07 Å². The molecule has 0 aromatic heterocycles. The number of hydrogen-bond donors (Lipinski definition) is 2. The van der Waals surface area contributed by atoms with Gasteiger partial charge in [-0.3, -0.25) is 0 Å². The fourth-order valence-corrected chi connectivity index (χ4v) is 2.31. The van der Waals surface area contributed by atoms with Crippen molar-refractivity contribution in [3.8, 4) is 23.0 Å². The number of nitrogens with one attached hydrogen (secondary N) is 2. The maximum absolute atomic E-state index is 12.1. The molecule has 0 spiro atoms. The zero-order chi connectivity index (χ0) is 16.9. The molecule has 2 aromatic rings. The molecule has 24 heavy (non-hydrogen) atoms. The van der Waals surface area contributed by atoms with Gasteiger partial charge in [-0.05, 0) is 29.8 Å². The first kappa shape index (κ1) is 15.8. The van der Waals surface area contributed by atoms with Gasteiger partial charge in [0.1, 0.15) is 11.5 Å². The van der Waals surface area contributed by atoms with E-state index in [9.17, 15) is 4.79 Å². The fraction of sp³-hybridized carbons (Fsp3) is 0.235. The van der Waals surface area contributed by atoms with Crippen LogP contribution in [-0.2, 0) is 6.54 Å². The van der Waals surface area contributed by atoms with Crippen molar-refractivity contribution < 1.29 is 23.7 Å². The highest BCUT2D eigenvalue weighted by molar-refractivity contribution is 5.91. The summed E-state index contributed by atoms with van der Waals surface area (Å²) in [7, 11) is 3.10. The highest BCUT2D eigenvalue weighted by Crippen LogP contribution is 2.32. The van der Waals surface area contributed by atoms with Crippen molar-refractivity contribution in [2.24, 2.45) is 0 Å². The molecule has 126 valence electrons. The normalized spacial score (nSPS) is 11.8. The number of carbonyl (C=O) groups excluding carboxylic acids is 1. The lowest BCUT2D eigenvalue weighted by Crippen LogP contribution is -2.28. The zero-order valence-electron chi connectivity index (χ0n) is 13.4. The van der Waals surface area contributed by atoms with Crippen LogP contribution in [0.5, 0.6) is 23.0 Å². The Kier molecular flexibility index (Phi) is 4.60. The molecule has 1 aliphatic rings. The quantitative estimate of drug-likeness (QED) is 0.881. The third kappa shape index (κ3) is 3.45. The molecule has 2 amide bonds. The van der Waals surface area contributed by atoms with Crippen molar-refractivity contribution in [2.45, 2.75) is 6.54 Å². The average molecular weight is 330 g/mol. The SMILES string of the molecule is COc1ccc(OC)c(NC(=O)NCc2ccc3c(c2)OCO3)c1. The van der Waals surface area contributed by atoms with Crippen LogP contribution in [0, 0.1) is 0 Å². The molecule has 0 unspecified atom stereocenters. The van der Waals surface area contributed by atoms with Gasteiger partial charge in [0.05, 0.1) is 19.9 Å². The Hall–Kier alpha value is -3.09. The zero-order valence-corrected chi connectivity index (χ0v) is 13.4. The van der Waals surface area contributed by atoms with Gasteiger partial charge in [-0.15, -0.1) is 0 Å². The standard InChI is InChI=1S/C17H18N2O5/c1-21-12-4-6-14(22-2)13(8-12)19-17(20)18-9-11-3-5-15-16(7-11)24-10-23-15/h3-8H,9-10H2,1-2H3,(H2,18,19,20). The monoisotopic (exact) mass is 330 g/mol. The molecule has 7 nitrogen and oxygen atoms in total. The number of benzene rings is 2. The van der Waals surface area contributed by atoms with E-state index in [0.29, 0.717) is 35.2 Å². The van der Waals surface area contributed by atoms with E-state index in [4.69, 9.17) is 18.9 Å². The predicted molar refractivity (Wildman–Crippen MR) is 88.0 cm³/mol. The van der Waals surface area contributed by atoms with Gasteiger partial charge in [-0.2, -0.15) is 0 Å². The Morgan fingerprint density at radius 2 is 1.92 bits per heavy atom. The van der Waals surface area contributed by atoms with Crippen LogP contribution in [0.25, 0.3) is 0 Å². The minimum atomic E-state index is -0.348. The first-order valence-corrected chi connectivity index (χ1v) is 7.35. The lowest BCUT2D eigenvalue weighted by atomic mass is 10.2. The van der Waals surface area contributed by atoms with Crippen LogP contribution in [0.2, 0.25) is 0 Å². The number of fused-ring (bicyclic) bond motifs is 1. The van der Waals surface area contributed by atoms with Gasteiger partial charge in [-0.25, -0.2) is 4.79 Å². The van der Waals surface area contributed by atoms with E-state index in [0.717, 1.165) is 5.56 Å². The van der Waals surface area contributed by atoms with E-state index in [1.807, 2.05) is 18.2 Å². The van der Waals surface area contributed by atoms with Gasteiger partial charge in [0.15, 0.2) is 11.5 Å². The summed E-state index contributed by atoms with van der Waals surface area (Å²) >= 11 is 0. The summed E-state index contributed by atoms with van der Waals surface area (Å²) in [5.74, 6) is 2.57. The molecule has 0 saturated heterocycles.